The molecule has 0 aromatic rings. The first-order valence-corrected chi connectivity index (χ1v) is 36.6. The average molecular weight is 1400 g/mol. The highest BCUT2D eigenvalue weighted by Crippen LogP contribution is 2.30. The fraction of sp³-hybridized carbons (Fsp3) is 0.833. The number of nitrogens with zero attached hydrogens (tertiary/aromatic N) is 8. The van der Waals surface area contributed by atoms with Gasteiger partial charge in [-0.25, -0.2) is 0 Å². The van der Waals surface area contributed by atoms with E-state index in [1.807, 2.05) is 76.2 Å². The van der Waals surface area contributed by atoms with Gasteiger partial charge in [0.1, 0.15) is 66.5 Å². The first-order valence-electron chi connectivity index (χ1n) is 36.6. The van der Waals surface area contributed by atoms with E-state index < -0.39 is 167 Å². The lowest BCUT2D eigenvalue weighted by Crippen LogP contribution is -2.63. The predicted molar refractivity (Wildman–Crippen MR) is 375 cm³/mol. The smallest absolute Gasteiger partial charge is 0.248 e. The SMILES string of the molecule is CCC[C@H]1NC(=O)C[C@@H](C(=O)N2CCCCC2)NC(=O)[C@H](CC(C)C)N(C)C(=O)[C@H](CC(C)C)N(C)C(=O)[C@H](CC(C)C)N(C)C(=O)[C@H]([C@@H](C)O)NC(=O)[C@@H]2CCCN2C(=O)[C@H](COC(C)(C)C)NC(=O)[C@H](CC(C)C)N(C)C(=O)[C@@H]2C[C@@H](OCC)CN2C(=O)[C@H]([C@@H](C)CC)N(C)C1=O. The van der Waals surface area contributed by atoms with Crippen molar-refractivity contribution in [3.63, 3.8) is 0 Å². The van der Waals surface area contributed by atoms with Crippen LogP contribution in [-0.4, -0.2) is 274 Å². The van der Waals surface area contributed by atoms with Crippen LogP contribution in [0.3, 0.4) is 0 Å². The summed E-state index contributed by atoms with van der Waals surface area (Å²) < 4.78 is 12.3. The maximum absolute atomic E-state index is 15.6. The largest absolute Gasteiger partial charge is 0.391 e. The summed E-state index contributed by atoms with van der Waals surface area (Å²) in [5.74, 6) is -9.44. The first kappa shape index (κ1) is 84.9. The summed E-state index contributed by atoms with van der Waals surface area (Å²) in [6.45, 7) is 29.5. The summed E-state index contributed by atoms with van der Waals surface area (Å²) in [5.41, 5.74) is -0.831. The zero-order valence-corrected chi connectivity index (χ0v) is 63.8. The van der Waals surface area contributed by atoms with E-state index in [1.165, 1.54) is 71.6 Å². The molecule has 12 amide bonds. The van der Waals surface area contributed by atoms with Gasteiger partial charge in [0, 0.05) is 74.4 Å². The minimum Gasteiger partial charge on any atom is -0.391 e. The summed E-state index contributed by atoms with van der Waals surface area (Å²) in [5, 5.41) is 22.7. The van der Waals surface area contributed by atoms with E-state index in [2.05, 4.69) is 21.3 Å². The van der Waals surface area contributed by atoms with Gasteiger partial charge < -0.3 is 75.0 Å². The second-order valence-electron chi connectivity index (χ2n) is 30.9. The summed E-state index contributed by atoms with van der Waals surface area (Å²) in [6, 6.07) is -14.3. The van der Waals surface area contributed by atoms with Gasteiger partial charge in [0.25, 0.3) is 0 Å². The lowest BCUT2D eigenvalue weighted by atomic mass is 9.95. The van der Waals surface area contributed by atoms with Gasteiger partial charge in [-0.05, 0) is 128 Å². The first-order chi connectivity index (χ1) is 46.2. The summed E-state index contributed by atoms with van der Waals surface area (Å²) in [7, 11) is 7.22. The van der Waals surface area contributed by atoms with Crippen molar-refractivity contribution in [3.05, 3.63) is 0 Å². The van der Waals surface area contributed by atoms with Gasteiger partial charge in [0.05, 0.1) is 30.8 Å². The van der Waals surface area contributed by atoms with Crippen LogP contribution in [0.2, 0.25) is 0 Å². The van der Waals surface area contributed by atoms with Crippen molar-refractivity contribution >= 4 is 70.9 Å². The van der Waals surface area contributed by atoms with Gasteiger partial charge in [-0.3, -0.25) is 57.5 Å². The molecule has 14 atom stereocenters. The molecular weight excluding hydrogens is 1270 g/mol. The van der Waals surface area contributed by atoms with Crippen LogP contribution in [0.5, 0.6) is 0 Å². The average Bonchev–Trinajstić information content (AvgIpc) is 1.75. The van der Waals surface area contributed by atoms with Crippen molar-refractivity contribution in [2.24, 2.45) is 29.6 Å². The molecule has 4 fully saturated rings. The zero-order valence-electron chi connectivity index (χ0n) is 63.8. The molecule has 99 heavy (non-hydrogen) atoms. The van der Waals surface area contributed by atoms with Gasteiger partial charge >= 0.3 is 0 Å². The van der Waals surface area contributed by atoms with Crippen LogP contribution in [0, 0.1) is 29.6 Å². The van der Waals surface area contributed by atoms with Gasteiger partial charge in [0.15, 0.2) is 0 Å². The monoisotopic (exact) mass is 1400 g/mol. The number of likely N-dealkylation sites (tertiary alicyclic amines) is 1. The number of fused-ring (bicyclic) bond motifs is 2. The molecule has 0 saturated carbocycles. The van der Waals surface area contributed by atoms with Crippen molar-refractivity contribution in [3.8, 4) is 0 Å². The molecule has 0 unspecified atom stereocenters. The van der Waals surface area contributed by atoms with E-state index in [4.69, 9.17) is 9.47 Å². The normalized spacial score (nSPS) is 28.4. The number of likely N-dealkylation sites (N-methyl/N-ethyl adjacent to an activating group) is 5. The Labute approximate surface area is 590 Å². The lowest BCUT2D eigenvalue weighted by Gasteiger charge is -2.40. The molecule has 0 aliphatic carbocycles. The Morgan fingerprint density at radius 1 is 0.535 bits per heavy atom. The molecule has 0 aromatic heterocycles. The van der Waals surface area contributed by atoms with E-state index >= 15 is 38.4 Å². The second-order valence-corrected chi connectivity index (χ2v) is 30.9. The Balaban J connectivity index is 1.99. The number of amides is 12. The Morgan fingerprint density at radius 2 is 1.04 bits per heavy atom. The van der Waals surface area contributed by atoms with Crippen molar-refractivity contribution in [1.82, 2.24) is 60.5 Å². The number of carbonyl (C=O) groups is 12. The second kappa shape index (κ2) is 38.5. The van der Waals surface area contributed by atoms with Crippen molar-refractivity contribution in [2.45, 2.75) is 285 Å². The number of carbonyl (C=O) groups excluding carboxylic acids is 12. The minimum absolute atomic E-state index is 0.0375. The lowest BCUT2D eigenvalue weighted by molar-refractivity contribution is -0.154. The number of hydrogen-bond donors (Lipinski definition) is 5. The fourth-order valence-corrected chi connectivity index (χ4v) is 14.0. The highest BCUT2D eigenvalue weighted by Gasteiger charge is 2.50. The van der Waals surface area contributed by atoms with Crippen LogP contribution in [0.1, 0.15) is 201 Å². The fourth-order valence-electron chi connectivity index (χ4n) is 14.0. The molecule has 564 valence electrons. The Kier molecular flexibility index (Phi) is 33.1. The van der Waals surface area contributed by atoms with Crippen LogP contribution in [0.15, 0.2) is 0 Å². The maximum Gasteiger partial charge on any atom is 0.248 e. The van der Waals surface area contributed by atoms with Crippen LogP contribution in [0.25, 0.3) is 0 Å². The highest BCUT2D eigenvalue weighted by molar-refractivity contribution is 6.00. The maximum atomic E-state index is 15.6. The third-order valence-corrected chi connectivity index (χ3v) is 19.7. The third kappa shape index (κ3) is 23.3. The molecule has 27 heteroatoms. The van der Waals surface area contributed by atoms with E-state index in [9.17, 15) is 24.3 Å². The van der Waals surface area contributed by atoms with E-state index in [1.54, 1.807) is 32.6 Å². The van der Waals surface area contributed by atoms with Gasteiger partial charge in [-0.15, -0.1) is 0 Å². The van der Waals surface area contributed by atoms with Crippen LogP contribution < -0.4 is 21.3 Å². The molecule has 4 heterocycles. The molecule has 0 radical (unpaired) electrons. The molecule has 5 N–H and O–H groups in total. The van der Waals surface area contributed by atoms with Crippen molar-refractivity contribution in [1.29, 1.82) is 0 Å². The number of ether oxygens (including phenoxy) is 2. The minimum atomic E-state index is -1.65. The molecule has 0 aromatic carbocycles. The number of nitrogens with one attached hydrogen (secondary N) is 4. The molecule has 4 aliphatic heterocycles. The van der Waals surface area contributed by atoms with Crippen LogP contribution in [0.4, 0.5) is 0 Å². The molecule has 4 rings (SSSR count). The van der Waals surface area contributed by atoms with E-state index in [-0.39, 0.29) is 94.9 Å². The number of hydrogen-bond acceptors (Lipinski definition) is 15. The quantitative estimate of drug-likeness (QED) is 0.131. The number of aliphatic hydroxyl groups excluding tert-OH is 1. The number of aliphatic hydroxyl groups is 1. The molecule has 4 aliphatic rings. The van der Waals surface area contributed by atoms with Gasteiger partial charge in [-0.2, -0.15) is 0 Å². The third-order valence-electron chi connectivity index (χ3n) is 19.7. The molecule has 0 bridgehead atoms. The van der Waals surface area contributed by atoms with E-state index in [0.29, 0.717) is 45.2 Å². The Morgan fingerprint density at radius 3 is 1.54 bits per heavy atom. The van der Waals surface area contributed by atoms with Crippen LogP contribution >= 0.6 is 0 Å². The van der Waals surface area contributed by atoms with Crippen molar-refractivity contribution in [2.75, 3.05) is 74.6 Å². The topological polar surface area (TPSA) is 318 Å². The summed E-state index contributed by atoms with van der Waals surface area (Å²) in [4.78, 5) is 192. The molecule has 0 spiro atoms. The molecule has 4 saturated heterocycles. The highest BCUT2D eigenvalue weighted by atomic mass is 16.5. The number of rotatable bonds is 18. The van der Waals surface area contributed by atoms with Crippen molar-refractivity contribution < 1.29 is 72.1 Å². The molecule has 27 nitrogen and oxygen atoms in total. The van der Waals surface area contributed by atoms with E-state index in [0.717, 1.165) is 11.3 Å². The predicted octanol–water partition coefficient (Wildman–Crippen LogP) is 3.70. The number of piperidine rings is 1. The standard InChI is InChI=1S/C72H126N12O15/c1-22-29-49-64(90)81(21)60(46(12)23-2)71(97)84-40-48(98-24-3)38-57(84)69(95)78(18)54(35-43(6)7)63(89)75-51(41-99-72(14,15)16)66(92)83-33-28-30-52(83)61(87)76-59(47(13)85)70(96)80(20)56(37-45(10)11)68(94)79(19)55(36-44(8)9)67(93)77(17)53(34-42(4)5)62(88)74-50(39-58(86)73-49)65(91)82-31-26-25-27-32-82/h42-57,59-60,85H,22-41H2,1-21H3,(H,73,86)(H,74,88)(H,75,89)(H,76,87)/t46-,47+,48+,49+,50-,51-,52-,53-,54-,55-,56-,57-,59-,60-/m0/s1. The summed E-state index contributed by atoms with van der Waals surface area (Å²) >= 11 is 0. The van der Waals surface area contributed by atoms with Gasteiger partial charge in [-0.1, -0.05) is 89.0 Å². The zero-order chi connectivity index (χ0) is 74.8. The Bertz CT molecular complexity index is 2770. The summed E-state index contributed by atoms with van der Waals surface area (Å²) in [6.07, 6.45) is 1.30. The Hall–Kier alpha value is -6.48. The van der Waals surface area contributed by atoms with Gasteiger partial charge in [0.2, 0.25) is 70.9 Å². The molecular formula is C72H126N12O15. The van der Waals surface area contributed by atoms with Crippen LogP contribution in [-0.2, 0) is 67.0 Å².